The SMILES string of the molecule is CCCCCCCCCCCCN.O=CO.[H-].[Na+]. The summed E-state index contributed by atoms with van der Waals surface area (Å²) in [5.41, 5.74) is 5.42. The smallest absolute Gasteiger partial charge is 1.00 e. The van der Waals surface area contributed by atoms with E-state index in [0.717, 1.165) is 6.54 Å². The first kappa shape index (κ1) is 22.6. The van der Waals surface area contributed by atoms with E-state index in [1.807, 2.05) is 0 Å². The predicted octanol–water partition coefficient (Wildman–Crippen LogP) is 0.683. The number of hydrogen-bond acceptors (Lipinski definition) is 2. The third-order valence-electron chi connectivity index (χ3n) is 2.56. The van der Waals surface area contributed by atoms with Crippen molar-refractivity contribution in [3.05, 3.63) is 0 Å². The summed E-state index contributed by atoms with van der Waals surface area (Å²) in [6.45, 7) is 2.89. The Kier molecular flexibility index (Phi) is 33.7. The molecule has 4 heteroatoms. The Labute approximate surface area is 130 Å². The Morgan fingerprint density at radius 3 is 1.53 bits per heavy atom. The van der Waals surface area contributed by atoms with Crippen LogP contribution in [0.25, 0.3) is 0 Å². The molecular weight excluding hydrogens is 225 g/mol. The zero-order valence-electron chi connectivity index (χ0n) is 12.8. The van der Waals surface area contributed by atoms with E-state index in [1.54, 1.807) is 0 Å². The maximum Gasteiger partial charge on any atom is 1.00 e. The van der Waals surface area contributed by atoms with E-state index in [9.17, 15) is 0 Å². The van der Waals surface area contributed by atoms with E-state index in [1.165, 1.54) is 64.2 Å². The van der Waals surface area contributed by atoms with Crippen molar-refractivity contribution in [1.29, 1.82) is 0 Å². The molecule has 0 aromatic carbocycles. The number of nitrogens with two attached hydrogens (primary N) is 1. The summed E-state index contributed by atoms with van der Waals surface area (Å²) in [6.07, 6.45) is 13.9. The fourth-order valence-electron chi connectivity index (χ4n) is 1.63. The van der Waals surface area contributed by atoms with Crippen LogP contribution in [0.2, 0.25) is 0 Å². The summed E-state index contributed by atoms with van der Waals surface area (Å²) < 4.78 is 0. The largest absolute Gasteiger partial charge is 1.00 e. The van der Waals surface area contributed by atoms with Gasteiger partial charge in [0.2, 0.25) is 0 Å². The molecule has 0 atom stereocenters. The van der Waals surface area contributed by atoms with Crippen molar-refractivity contribution in [3.8, 4) is 0 Å². The summed E-state index contributed by atoms with van der Waals surface area (Å²) in [5.74, 6) is 0. The molecule has 0 fully saturated rings. The maximum atomic E-state index is 8.36. The van der Waals surface area contributed by atoms with E-state index >= 15 is 0 Å². The molecule has 0 amide bonds. The zero-order valence-corrected chi connectivity index (χ0v) is 13.8. The first-order chi connectivity index (χ1) is 7.83. The predicted molar refractivity (Wildman–Crippen MR) is 70.7 cm³/mol. The van der Waals surface area contributed by atoms with Gasteiger partial charge in [0, 0.05) is 0 Å². The van der Waals surface area contributed by atoms with E-state index in [-0.39, 0.29) is 37.5 Å². The van der Waals surface area contributed by atoms with Gasteiger partial charge in [-0.05, 0) is 13.0 Å². The van der Waals surface area contributed by atoms with Crippen molar-refractivity contribution in [2.75, 3.05) is 6.54 Å². The van der Waals surface area contributed by atoms with Crippen LogP contribution < -0.4 is 35.3 Å². The molecular formula is C13H30NNaO2. The first-order valence-electron chi connectivity index (χ1n) is 6.61. The molecule has 0 aliphatic rings. The minimum atomic E-state index is -0.250. The molecule has 0 aromatic heterocycles. The van der Waals surface area contributed by atoms with E-state index in [0.29, 0.717) is 0 Å². The Balaban J connectivity index is -0.000000177. The second-order valence-corrected chi connectivity index (χ2v) is 4.08. The summed E-state index contributed by atoms with van der Waals surface area (Å²) in [7, 11) is 0. The Morgan fingerprint density at radius 2 is 1.24 bits per heavy atom. The first-order valence-corrected chi connectivity index (χ1v) is 6.61. The van der Waals surface area contributed by atoms with Gasteiger partial charge in [-0.3, -0.25) is 4.79 Å². The molecule has 100 valence electrons. The average molecular weight is 255 g/mol. The molecule has 0 saturated heterocycles. The van der Waals surface area contributed by atoms with Crippen LogP contribution >= 0.6 is 0 Å². The van der Waals surface area contributed by atoms with Gasteiger partial charge in [0.25, 0.3) is 6.47 Å². The third kappa shape index (κ3) is 31.4. The molecule has 0 saturated carbocycles. The molecule has 17 heavy (non-hydrogen) atoms. The van der Waals surface area contributed by atoms with Gasteiger partial charge in [-0.2, -0.15) is 0 Å². The summed E-state index contributed by atoms with van der Waals surface area (Å²) >= 11 is 0. The maximum absolute atomic E-state index is 8.36. The number of rotatable bonds is 10. The van der Waals surface area contributed by atoms with Crippen LogP contribution in [-0.4, -0.2) is 18.1 Å². The number of carboxylic acid groups (broad SMARTS) is 1. The fraction of sp³-hybridized carbons (Fsp3) is 0.923. The molecule has 0 bridgehead atoms. The topological polar surface area (TPSA) is 63.3 Å². The van der Waals surface area contributed by atoms with Crippen molar-refractivity contribution < 1.29 is 40.9 Å². The average Bonchev–Trinajstić information content (AvgIpc) is 2.28. The number of unbranched alkanes of at least 4 members (excludes halogenated alkanes) is 9. The van der Waals surface area contributed by atoms with Crippen LogP contribution in [0, 0.1) is 0 Å². The third-order valence-corrected chi connectivity index (χ3v) is 2.56. The van der Waals surface area contributed by atoms with Crippen LogP contribution in [0.4, 0.5) is 0 Å². The van der Waals surface area contributed by atoms with Crippen LogP contribution in [0.15, 0.2) is 0 Å². The Bertz CT molecular complexity index is 120. The van der Waals surface area contributed by atoms with E-state index < -0.39 is 0 Å². The second kappa shape index (κ2) is 25.3. The molecule has 3 nitrogen and oxygen atoms in total. The van der Waals surface area contributed by atoms with Crippen molar-refractivity contribution in [2.24, 2.45) is 5.73 Å². The fourth-order valence-corrected chi connectivity index (χ4v) is 1.63. The number of carbonyl (C=O) groups is 1. The summed E-state index contributed by atoms with van der Waals surface area (Å²) in [6, 6.07) is 0. The summed E-state index contributed by atoms with van der Waals surface area (Å²) in [4.78, 5) is 8.36. The molecule has 0 heterocycles. The quantitative estimate of drug-likeness (QED) is 0.343. The Hall–Kier alpha value is 0.430. The van der Waals surface area contributed by atoms with Gasteiger partial charge in [0.15, 0.2) is 0 Å². The van der Waals surface area contributed by atoms with Gasteiger partial charge in [-0.25, -0.2) is 0 Å². The second-order valence-electron chi connectivity index (χ2n) is 4.08. The van der Waals surface area contributed by atoms with E-state index in [2.05, 4.69) is 6.92 Å². The molecule has 0 rings (SSSR count). The van der Waals surface area contributed by atoms with Crippen LogP contribution in [0.3, 0.4) is 0 Å². The summed E-state index contributed by atoms with van der Waals surface area (Å²) in [5, 5.41) is 6.89. The van der Waals surface area contributed by atoms with Gasteiger partial charge in [0.05, 0.1) is 0 Å². The van der Waals surface area contributed by atoms with Crippen molar-refractivity contribution >= 4 is 6.47 Å². The van der Waals surface area contributed by atoms with Crippen molar-refractivity contribution in [3.63, 3.8) is 0 Å². The molecule has 0 spiro atoms. The molecule has 0 aliphatic carbocycles. The molecule has 0 aromatic rings. The zero-order chi connectivity index (χ0) is 12.5. The standard InChI is InChI=1S/C12H27N.CH2O2.Na.H/c1-2-3-4-5-6-7-8-9-10-11-12-13;2-1-3;;/h2-13H2,1H3;1H,(H,2,3);;/q;;+1;-1. The van der Waals surface area contributed by atoms with Crippen LogP contribution in [0.5, 0.6) is 0 Å². The molecule has 0 radical (unpaired) electrons. The van der Waals surface area contributed by atoms with Crippen LogP contribution in [-0.2, 0) is 4.79 Å². The van der Waals surface area contributed by atoms with Crippen LogP contribution in [0.1, 0.15) is 72.6 Å². The molecule has 0 aliphatic heterocycles. The van der Waals surface area contributed by atoms with E-state index in [4.69, 9.17) is 15.6 Å². The Morgan fingerprint density at radius 1 is 0.941 bits per heavy atom. The van der Waals surface area contributed by atoms with Gasteiger partial charge in [-0.15, -0.1) is 0 Å². The molecule has 0 unspecified atom stereocenters. The van der Waals surface area contributed by atoms with Gasteiger partial charge in [0.1, 0.15) is 0 Å². The minimum Gasteiger partial charge on any atom is -1.00 e. The van der Waals surface area contributed by atoms with Gasteiger partial charge < -0.3 is 12.3 Å². The minimum absolute atomic E-state index is 0. The molecule has 3 N–H and O–H groups in total. The normalized spacial score (nSPS) is 8.82. The van der Waals surface area contributed by atoms with Gasteiger partial charge >= 0.3 is 29.6 Å². The monoisotopic (exact) mass is 255 g/mol. The number of hydrogen-bond donors (Lipinski definition) is 2. The van der Waals surface area contributed by atoms with Crippen molar-refractivity contribution in [2.45, 2.75) is 71.1 Å². The van der Waals surface area contributed by atoms with Crippen molar-refractivity contribution in [1.82, 2.24) is 0 Å². The van der Waals surface area contributed by atoms with Gasteiger partial charge in [-0.1, -0.05) is 64.7 Å².